The molecule has 0 saturated carbocycles. The summed E-state index contributed by atoms with van der Waals surface area (Å²) in [6.45, 7) is 1.61. The van der Waals surface area contributed by atoms with Gasteiger partial charge in [0, 0.05) is 19.0 Å². The van der Waals surface area contributed by atoms with Gasteiger partial charge in [0.2, 0.25) is 0 Å². The Bertz CT molecular complexity index is 817. The van der Waals surface area contributed by atoms with Crippen molar-refractivity contribution in [2.24, 2.45) is 0 Å². The molecule has 0 aliphatic heterocycles. The molecule has 144 valence electrons. The molecule has 0 atom stereocenters. The molecule has 2 aromatic rings. The van der Waals surface area contributed by atoms with Gasteiger partial charge in [-0.1, -0.05) is 30.3 Å². The second-order valence-corrected chi connectivity index (χ2v) is 6.65. The van der Waals surface area contributed by atoms with Gasteiger partial charge in [0.1, 0.15) is 22.0 Å². The van der Waals surface area contributed by atoms with E-state index in [0.717, 1.165) is 16.9 Å². The van der Waals surface area contributed by atoms with E-state index in [1.807, 2.05) is 30.3 Å². The number of carbonyl (C=O) groups is 3. The van der Waals surface area contributed by atoms with E-state index in [1.54, 1.807) is 6.92 Å². The minimum absolute atomic E-state index is 0.0799. The number of ether oxygens (including phenoxy) is 2. The van der Waals surface area contributed by atoms with E-state index < -0.39 is 17.8 Å². The fourth-order valence-electron chi connectivity index (χ4n) is 2.46. The highest BCUT2D eigenvalue weighted by Gasteiger charge is 2.27. The number of amides is 1. The second-order valence-electron chi connectivity index (χ2n) is 5.59. The Morgan fingerprint density at radius 1 is 1.15 bits per heavy atom. The van der Waals surface area contributed by atoms with Crippen LogP contribution in [-0.2, 0) is 27.3 Å². The normalized spacial score (nSPS) is 10.3. The van der Waals surface area contributed by atoms with Crippen molar-refractivity contribution in [2.75, 3.05) is 19.4 Å². The number of nitrogen functional groups attached to an aromatic ring is 1. The van der Waals surface area contributed by atoms with Crippen molar-refractivity contribution in [1.82, 2.24) is 5.32 Å². The molecule has 0 bridgehead atoms. The Labute approximate surface area is 161 Å². The molecule has 1 amide bonds. The van der Waals surface area contributed by atoms with Crippen LogP contribution >= 0.6 is 11.3 Å². The highest BCUT2D eigenvalue weighted by Crippen LogP contribution is 2.32. The van der Waals surface area contributed by atoms with Gasteiger partial charge in [-0.3, -0.25) is 9.59 Å². The molecule has 1 aromatic heterocycles. The van der Waals surface area contributed by atoms with Gasteiger partial charge in [-0.25, -0.2) is 4.79 Å². The minimum Gasteiger partial charge on any atom is -0.462 e. The summed E-state index contributed by atoms with van der Waals surface area (Å²) < 4.78 is 10.3. The number of hydrogen-bond acceptors (Lipinski definition) is 7. The highest BCUT2D eigenvalue weighted by molar-refractivity contribution is 7.18. The van der Waals surface area contributed by atoms with Gasteiger partial charge >= 0.3 is 11.9 Å². The third-order valence-corrected chi connectivity index (χ3v) is 4.85. The summed E-state index contributed by atoms with van der Waals surface area (Å²) in [6.07, 6.45) is 0.728. The maximum Gasteiger partial charge on any atom is 0.341 e. The van der Waals surface area contributed by atoms with E-state index in [2.05, 4.69) is 5.32 Å². The van der Waals surface area contributed by atoms with Crippen LogP contribution < -0.4 is 11.1 Å². The second kappa shape index (κ2) is 9.72. The first kappa shape index (κ1) is 20.4. The number of rotatable bonds is 8. The van der Waals surface area contributed by atoms with Crippen molar-refractivity contribution in [3.8, 4) is 0 Å². The Kier molecular flexibility index (Phi) is 7.36. The smallest absolute Gasteiger partial charge is 0.341 e. The summed E-state index contributed by atoms with van der Waals surface area (Å²) in [4.78, 5) is 36.6. The van der Waals surface area contributed by atoms with Gasteiger partial charge in [-0.2, -0.15) is 0 Å². The summed E-state index contributed by atoms with van der Waals surface area (Å²) in [5, 5.41) is 2.65. The van der Waals surface area contributed by atoms with E-state index in [4.69, 9.17) is 15.2 Å². The molecule has 1 aromatic carbocycles. The lowest BCUT2D eigenvalue weighted by Gasteiger charge is -2.09. The van der Waals surface area contributed by atoms with Crippen molar-refractivity contribution >= 4 is 34.2 Å². The number of thiophene rings is 1. The maximum atomic E-state index is 12.2. The fraction of sp³-hybridized carbons (Fsp3) is 0.316. The predicted molar refractivity (Wildman–Crippen MR) is 103 cm³/mol. The monoisotopic (exact) mass is 390 g/mol. The summed E-state index contributed by atoms with van der Waals surface area (Å²) in [5.74, 6) is -1.48. The van der Waals surface area contributed by atoms with Crippen LogP contribution in [-0.4, -0.2) is 31.5 Å². The number of nitrogens with two attached hydrogens (primary N) is 1. The van der Waals surface area contributed by atoms with Crippen LogP contribution in [0.2, 0.25) is 0 Å². The van der Waals surface area contributed by atoms with Gasteiger partial charge in [-0.05, 0) is 18.9 Å². The molecule has 0 aliphatic rings. The minimum atomic E-state index is -0.642. The molecule has 1 heterocycles. The SMILES string of the molecule is CCOC(=O)c1c(N)sc(C(=O)NC)c1COC(=O)CCc1ccccc1. The molecule has 27 heavy (non-hydrogen) atoms. The number of anilines is 1. The first-order valence-electron chi connectivity index (χ1n) is 8.47. The first-order chi connectivity index (χ1) is 13.0. The van der Waals surface area contributed by atoms with E-state index >= 15 is 0 Å². The molecule has 0 saturated heterocycles. The standard InChI is InChI=1S/C19H22N2O5S/c1-3-25-19(24)15-13(16(18(23)21-2)27-17(15)20)11-26-14(22)10-9-12-7-5-4-6-8-12/h4-8H,3,9-11,20H2,1-2H3,(H,21,23). The van der Waals surface area contributed by atoms with E-state index in [0.29, 0.717) is 6.42 Å². The average molecular weight is 390 g/mol. The van der Waals surface area contributed by atoms with Gasteiger partial charge in [0.25, 0.3) is 5.91 Å². The number of hydrogen-bond donors (Lipinski definition) is 2. The largest absolute Gasteiger partial charge is 0.462 e. The third kappa shape index (κ3) is 5.30. The number of aryl methyl sites for hydroxylation is 1. The lowest BCUT2D eigenvalue weighted by molar-refractivity contribution is -0.144. The van der Waals surface area contributed by atoms with E-state index in [-0.39, 0.29) is 40.6 Å². The van der Waals surface area contributed by atoms with E-state index in [1.165, 1.54) is 7.05 Å². The van der Waals surface area contributed by atoms with Gasteiger partial charge in [0.05, 0.1) is 6.61 Å². The van der Waals surface area contributed by atoms with Gasteiger partial charge in [0.15, 0.2) is 0 Å². The lowest BCUT2D eigenvalue weighted by atomic mass is 10.1. The maximum absolute atomic E-state index is 12.2. The van der Waals surface area contributed by atoms with Crippen molar-refractivity contribution in [3.63, 3.8) is 0 Å². The van der Waals surface area contributed by atoms with Crippen LogP contribution in [0.5, 0.6) is 0 Å². The van der Waals surface area contributed by atoms with Crippen LogP contribution in [0.1, 0.15) is 44.5 Å². The van der Waals surface area contributed by atoms with Crippen LogP contribution in [0.15, 0.2) is 30.3 Å². The molecular formula is C19H22N2O5S. The van der Waals surface area contributed by atoms with Crippen molar-refractivity contribution in [2.45, 2.75) is 26.4 Å². The van der Waals surface area contributed by atoms with Crippen LogP contribution in [0.25, 0.3) is 0 Å². The Morgan fingerprint density at radius 3 is 2.48 bits per heavy atom. The zero-order valence-corrected chi connectivity index (χ0v) is 16.1. The quantitative estimate of drug-likeness (QED) is 0.671. The zero-order chi connectivity index (χ0) is 19.8. The van der Waals surface area contributed by atoms with Crippen molar-refractivity contribution in [1.29, 1.82) is 0 Å². The molecule has 0 unspecified atom stereocenters. The Hall–Kier alpha value is -2.87. The first-order valence-corrected chi connectivity index (χ1v) is 9.29. The number of benzene rings is 1. The lowest BCUT2D eigenvalue weighted by Crippen LogP contribution is -2.20. The molecule has 2 rings (SSSR count). The Morgan fingerprint density at radius 2 is 1.85 bits per heavy atom. The molecule has 8 heteroatoms. The Balaban J connectivity index is 2.12. The number of carbonyl (C=O) groups excluding carboxylic acids is 3. The summed E-state index contributed by atoms with van der Waals surface area (Å²) >= 11 is 0.963. The molecular weight excluding hydrogens is 368 g/mol. The van der Waals surface area contributed by atoms with Crippen LogP contribution in [0, 0.1) is 0 Å². The van der Waals surface area contributed by atoms with Crippen LogP contribution in [0.3, 0.4) is 0 Å². The van der Waals surface area contributed by atoms with Crippen molar-refractivity contribution < 1.29 is 23.9 Å². The fourth-order valence-corrected chi connectivity index (χ4v) is 3.47. The average Bonchev–Trinajstić information content (AvgIpc) is 3.01. The molecule has 0 aliphatic carbocycles. The van der Waals surface area contributed by atoms with Gasteiger partial charge < -0.3 is 20.5 Å². The predicted octanol–water partition coefficient (Wildman–Crippen LogP) is 2.54. The van der Waals surface area contributed by atoms with E-state index in [9.17, 15) is 14.4 Å². The highest BCUT2D eigenvalue weighted by atomic mass is 32.1. The van der Waals surface area contributed by atoms with Gasteiger partial charge in [-0.15, -0.1) is 11.3 Å². The summed E-state index contributed by atoms with van der Waals surface area (Å²) in [5.41, 5.74) is 7.27. The number of nitrogens with one attached hydrogen (secondary N) is 1. The summed E-state index contributed by atoms with van der Waals surface area (Å²) in [7, 11) is 1.47. The molecule has 0 spiro atoms. The zero-order valence-electron chi connectivity index (χ0n) is 15.2. The third-order valence-electron chi connectivity index (χ3n) is 3.79. The molecule has 0 radical (unpaired) electrons. The molecule has 0 fully saturated rings. The number of esters is 2. The topological polar surface area (TPSA) is 108 Å². The molecule has 7 nitrogen and oxygen atoms in total. The summed E-state index contributed by atoms with van der Waals surface area (Å²) in [6, 6.07) is 9.55. The van der Waals surface area contributed by atoms with Crippen molar-refractivity contribution in [3.05, 3.63) is 51.9 Å². The molecule has 3 N–H and O–H groups in total. The van der Waals surface area contributed by atoms with Crippen LogP contribution in [0.4, 0.5) is 5.00 Å².